The lowest BCUT2D eigenvalue weighted by molar-refractivity contribution is 0.122. The van der Waals surface area contributed by atoms with Crippen LogP contribution < -0.4 is 14.8 Å². The fourth-order valence-electron chi connectivity index (χ4n) is 1.54. The van der Waals surface area contributed by atoms with Gasteiger partial charge in [-0.15, -0.1) is 0 Å². The van der Waals surface area contributed by atoms with Crippen molar-refractivity contribution in [3.8, 4) is 11.5 Å². The van der Waals surface area contributed by atoms with E-state index in [-0.39, 0.29) is 5.60 Å². The summed E-state index contributed by atoms with van der Waals surface area (Å²) in [5.74, 6) is 1.66. The lowest BCUT2D eigenvalue weighted by Crippen LogP contribution is -2.23. The van der Waals surface area contributed by atoms with Crippen LogP contribution in [0, 0.1) is 0 Å². The fourth-order valence-corrected chi connectivity index (χ4v) is 1.54. The minimum atomic E-state index is -0.206. The quantitative estimate of drug-likeness (QED) is 0.867. The standard InChI is InChI=1S/C14H21NO2/c1-14(2,3)17-12-8-5-10(15-4)9-13(12)16-11-6-7-11/h5,8-9,11,15H,6-7H2,1-4H3. The zero-order valence-corrected chi connectivity index (χ0v) is 11.0. The van der Waals surface area contributed by atoms with Gasteiger partial charge in [0.1, 0.15) is 5.60 Å². The lowest BCUT2D eigenvalue weighted by Gasteiger charge is -2.23. The Morgan fingerprint density at radius 1 is 1.18 bits per heavy atom. The van der Waals surface area contributed by atoms with Gasteiger partial charge in [-0.2, -0.15) is 0 Å². The van der Waals surface area contributed by atoms with Gasteiger partial charge in [0.15, 0.2) is 11.5 Å². The maximum atomic E-state index is 5.91. The second-order valence-electron chi connectivity index (χ2n) is 5.44. The second kappa shape index (κ2) is 4.47. The summed E-state index contributed by atoms with van der Waals surface area (Å²) in [4.78, 5) is 0. The normalized spacial score (nSPS) is 15.5. The van der Waals surface area contributed by atoms with E-state index in [1.807, 2.05) is 46.0 Å². The van der Waals surface area contributed by atoms with Crippen molar-refractivity contribution in [1.29, 1.82) is 0 Å². The molecule has 94 valence electrons. The number of rotatable bonds is 4. The summed E-state index contributed by atoms with van der Waals surface area (Å²) in [5, 5.41) is 3.12. The van der Waals surface area contributed by atoms with E-state index >= 15 is 0 Å². The van der Waals surface area contributed by atoms with E-state index in [4.69, 9.17) is 9.47 Å². The third-order valence-electron chi connectivity index (χ3n) is 2.47. The first kappa shape index (κ1) is 12.1. The predicted octanol–water partition coefficient (Wildman–Crippen LogP) is 3.45. The molecule has 2 rings (SSSR count). The Morgan fingerprint density at radius 2 is 1.88 bits per heavy atom. The molecule has 1 aliphatic rings. The average Bonchev–Trinajstić information content (AvgIpc) is 3.02. The van der Waals surface area contributed by atoms with Crippen molar-refractivity contribution in [2.75, 3.05) is 12.4 Å². The SMILES string of the molecule is CNc1ccc(OC(C)(C)C)c(OC2CC2)c1. The van der Waals surface area contributed by atoms with Crippen LogP contribution in [-0.4, -0.2) is 18.8 Å². The Hall–Kier alpha value is -1.38. The van der Waals surface area contributed by atoms with Gasteiger partial charge < -0.3 is 14.8 Å². The molecule has 0 bridgehead atoms. The zero-order valence-electron chi connectivity index (χ0n) is 11.0. The van der Waals surface area contributed by atoms with Crippen molar-refractivity contribution in [1.82, 2.24) is 0 Å². The van der Waals surface area contributed by atoms with Gasteiger partial charge in [0.2, 0.25) is 0 Å². The van der Waals surface area contributed by atoms with Crippen LogP contribution in [0.3, 0.4) is 0 Å². The first-order valence-electron chi connectivity index (χ1n) is 6.15. The molecule has 3 heteroatoms. The van der Waals surface area contributed by atoms with E-state index in [0.717, 1.165) is 30.0 Å². The molecule has 0 spiro atoms. The molecule has 17 heavy (non-hydrogen) atoms. The summed E-state index contributed by atoms with van der Waals surface area (Å²) in [6, 6.07) is 5.97. The molecule has 1 aromatic rings. The lowest BCUT2D eigenvalue weighted by atomic mass is 10.2. The van der Waals surface area contributed by atoms with Gasteiger partial charge in [0, 0.05) is 18.8 Å². The molecular weight excluding hydrogens is 214 g/mol. The van der Waals surface area contributed by atoms with Gasteiger partial charge >= 0.3 is 0 Å². The van der Waals surface area contributed by atoms with Crippen LogP contribution in [0.15, 0.2) is 18.2 Å². The van der Waals surface area contributed by atoms with Crippen LogP contribution in [0.25, 0.3) is 0 Å². The van der Waals surface area contributed by atoms with Crippen molar-refractivity contribution < 1.29 is 9.47 Å². The second-order valence-corrected chi connectivity index (χ2v) is 5.44. The van der Waals surface area contributed by atoms with E-state index in [2.05, 4.69) is 5.32 Å². The van der Waals surface area contributed by atoms with E-state index in [1.165, 1.54) is 0 Å². The van der Waals surface area contributed by atoms with E-state index in [9.17, 15) is 0 Å². The van der Waals surface area contributed by atoms with Crippen molar-refractivity contribution in [3.05, 3.63) is 18.2 Å². The monoisotopic (exact) mass is 235 g/mol. The van der Waals surface area contributed by atoms with Crippen LogP contribution in [0.5, 0.6) is 11.5 Å². The number of anilines is 1. The number of ether oxygens (including phenoxy) is 2. The van der Waals surface area contributed by atoms with Gasteiger partial charge in [0.05, 0.1) is 6.10 Å². The van der Waals surface area contributed by atoms with E-state index in [0.29, 0.717) is 6.10 Å². The number of hydrogen-bond acceptors (Lipinski definition) is 3. The predicted molar refractivity (Wildman–Crippen MR) is 70.0 cm³/mol. The van der Waals surface area contributed by atoms with Gasteiger partial charge in [-0.25, -0.2) is 0 Å². The van der Waals surface area contributed by atoms with Crippen LogP contribution in [0.1, 0.15) is 33.6 Å². The highest BCUT2D eigenvalue weighted by atomic mass is 16.5. The largest absolute Gasteiger partial charge is 0.486 e. The Labute approximate surface area is 103 Å². The molecule has 0 aliphatic heterocycles. The highest BCUT2D eigenvalue weighted by molar-refractivity contribution is 5.54. The molecule has 0 heterocycles. The smallest absolute Gasteiger partial charge is 0.163 e. The first-order chi connectivity index (χ1) is 7.98. The molecule has 0 amide bonds. The number of hydrogen-bond donors (Lipinski definition) is 1. The Kier molecular flexibility index (Phi) is 3.18. The molecule has 1 aliphatic carbocycles. The summed E-state index contributed by atoms with van der Waals surface area (Å²) in [7, 11) is 1.90. The molecule has 0 aromatic heterocycles. The molecule has 3 nitrogen and oxygen atoms in total. The summed E-state index contributed by atoms with van der Waals surface area (Å²) in [6.45, 7) is 6.12. The van der Waals surface area contributed by atoms with Crippen molar-refractivity contribution in [3.63, 3.8) is 0 Å². The number of nitrogens with one attached hydrogen (secondary N) is 1. The third-order valence-corrected chi connectivity index (χ3v) is 2.47. The molecule has 1 saturated carbocycles. The fraction of sp³-hybridized carbons (Fsp3) is 0.571. The highest BCUT2D eigenvalue weighted by Crippen LogP contribution is 2.37. The Bertz CT molecular complexity index is 392. The van der Waals surface area contributed by atoms with E-state index < -0.39 is 0 Å². The minimum Gasteiger partial charge on any atom is -0.486 e. The molecule has 0 radical (unpaired) electrons. The van der Waals surface area contributed by atoms with Crippen LogP contribution in [-0.2, 0) is 0 Å². The molecule has 0 saturated heterocycles. The number of benzene rings is 1. The molecule has 0 unspecified atom stereocenters. The van der Waals surface area contributed by atoms with Crippen LogP contribution >= 0.6 is 0 Å². The third kappa shape index (κ3) is 3.55. The minimum absolute atomic E-state index is 0.206. The topological polar surface area (TPSA) is 30.5 Å². The van der Waals surface area contributed by atoms with Crippen molar-refractivity contribution >= 4 is 5.69 Å². The van der Waals surface area contributed by atoms with Crippen LogP contribution in [0.2, 0.25) is 0 Å². The maximum absolute atomic E-state index is 5.91. The molecule has 1 N–H and O–H groups in total. The Morgan fingerprint density at radius 3 is 2.41 bits per heavy atom. The molecular formula is C14H21NO2. The highest BCUT2D eigenvalue weighted by Gasteiger charge is 2.26. The summed E-state index contributed by atoms with van der Waals surface area (Å²) in [6.07, 6.45) is 2.68. The molecule has 1 fully saturated rings. The van der Waals surface area contributed by atoms with Crippen molar-refractivity contribution in [2.45, 2.75) is 45.3 Å². The van der Waals surface area contributed by atoms with E-state index in [1.54, 1.807) is 0 Å². The molecule has 1 aromatic carbocycles. The average molecular weight is 235 g/mol. The van der Waals surface area contributed by atoms with Gasteiger partial charge in [0.25, 0.3) is 0 Å². The summed E-state index contributed by atoms with van der Waals surface area (Å²) < 4.78 is 11.8. The van der Waals surface area contributed by atoms with Gasteiger partial charge in [-0.3, -0.25) is 0 Å². The van der Waals surface area contributed by atoms with Crippen LogP contribution in [0.4, 0.5) is 5.69 Å². The first-order valence-corrected chi connectivity index (χ1v) is 6.15. The molecule has 0 atom stereocenters. The summed E-state index contributed by atoms with van der Waals surface area (Å²) in [5.41, 5.74) is 0.838. The summed E-state index contributed by atoms with van der Waals surface area (Å²) >= 11 is 0. The van der Waals surface area contributed by atoms with Gasteiger partial charge in [-0.05, 0) is 45.7 Å². The van der Waals surface area contributed by atoms with Crippen molar-refractivity contribution in [2.24, 2.45) is 0 Å². The maximum Gasteiger partial charge on any atom is 0.163 e. The Balaban J connectivity index is 2.22. The van der Waals surface area contributed by atoms with Gasteiger partial charge in [-0.1, -0.05) is 0 Å². The zero-order chi connectivity index (χ0) is 12.5.